The van der Waals surface area contributed by atoms with Crippen LogP contribution in [0, 0.1) is 57.7 Å². The smallest absolute Gasteiger partial charge is 0.383 e. The number of ether oxygens (including phenoxy) is 1. The molecule has 2 bridgehead atoms. The average Bonchev–Trinajstić information content (AvgIpc) is 3.06. The zero-order valence-electron chi connectivity index (χ0n) is 21.1. The van der Waals surface area contributed by atoms with Crippen molar-refractivity contribution in [3.63, 3.8) is 0 Å². The van der Waals surface area contributed by atoms with E-state index >= 15 is 0 Å². The van der Waals surface area contributed by atoms with Gasteiger partial charge in [-0.05, 0) is 85.9 Å². The van der Waals surface area contributed by atoms with Crippen LogP contribution in [0.2, 0.25) is 0 Å². The summed E-state index contributed by atoms with van der Waals surface area (Å²) in [6, 6.07) is 0. The van der Waals surface area contributed by atoms with E-state index in [1.165, 1.54) is 19.3 Å². The second-order valence-electron chi connectivity index (χ2n) is 13.1. The summed E-state index contributed by atoms with van der Waals surface area (Å²) in [4.78, 5) is 13.2. The Labute approximate surface area is 206 Å². The number of halogens is 3. The predicted octanol–water partition coefficient (Wildman–Crippen LogP) is 5.91. The molecule has 7 heteroatoms. The Morgan fingerprint density at radius 1 is 1.09 bits per heavy atom. The van der Waals surface area contributed by atoms with E-state index in [-0.39, 0.29) is 35.5 Å². The molecule has 6 aliphatic rings. The number of nitrogens with one attached hydrogen (secondary N) is 2. The van der Waals surface area contributed by atoms with Crippen LogP contribution in [0.3, 0.4) is 0 Å². The van der Waals surface area contributed by atoms with Gasteiger partial charge < -0.3 is 15.5 Å². The molecule has 2 heterocycles. The van der Waals surface area contributed by atoms with Crippen molar-refractivity contribution in [2.75, 3.05) is 6.54 Å². The molecule has 4 saturated carbocycles. The first kappa shape index (κ1) is 24.0. The van der Waals surface area contributed by atoms with Gasteiger partial charge in [-0.25, -0.2) is 0 Å². The minimum atomic E-state index is -4.59. The topological polar surface area (TPSA) is 62.2 Å². The lowest BCUT2D eigenvalue weighted by molar-refractivity contribution is -0.163. The molecule has 2 N–H and O–H groups in total. The summed E-state index contributed by atoms with van der Waals surface area (Å²) >= 11 is 0. The minimum absolute atomic E-state index is 0.0168. The van der Waals surface area contributed by atoms with Crippen molar-refractivity contribution in [1.29, 1.82) is 5.41 Å². The van der Waals surface area contributed by atoms with Gasteiger partial charge in [0.05, 0.1) is 23.8 Å². The molecule has 2 spiro atoms. The first-order chi connectivity index (χ1) is 16.5. The van der Waals surface area contributed by atoms with Crippen molar-refractivity contribution in [2.24, 2.45) is 52.3 Å². The van der Waals surface area contributed by atoms with Gasteiger partial charge in [0, 0.05) is 23.7 Å². The molecule has 0 radical (unpaired) electrons. The second-order valence-corrected chi connectivity index (χ2v) is 13.1. The second kappa shape index (κ2) is 7.58. The van der Waals surface area contributed by atoms with Crippen LogP contribution in [0.1, 0.15) is 72.1 Å². The Kier molecular flexibility index (Phi) is 5.20. The van der Waals surface area contributed by atoms with E-state index in [2.05, 4.69) is 26.1 Å². The third-order valence-corrected chi connectivity index (χ3v) is 12.1. The fraction of sp³-hybridized carbons (Fsp3) is 0.857. The summed E-state index contributed by atoms with van der Waals surface area (Å²) in [5.41, 5.74) is -0.676. The van der Waals surface area contributed by atoms with Gasteiger partial charge in [0.25, 0.3) is 0 Å². The molecule has 35 heavy (non-hydrogen) atoms. The van der Waals surface area contributed by atoms with Gasteiger partial charge >= 0.3 is 6.18 Å². The molecular formula is C28H39F3N2O2. The van der Waals surface area contributed by atoms with E-state index in [9.17, 15) is 18.0 Å². The average molecular weight is 493 g/mol. The molecule has 0 amide bonds. The molecule has 2 saturated heterocycles. The summed E-state index contributed by atoms with van der Waals surface area (Å²) in [6.07, 6.45) is 5.92. The number of carbonyl (C=O) groups is 1. The molecule has 0 aromatic carbocycles. The van der Waals surface area contributed by atoms with Crippen molar-refractivity contribution < 1.29 is 22.7 Å². The Morgan fingerprint density at radius 3 is 2.57 bits per heavy atom. The number of rotatable bonds is 5. The zero-order valence-corrected chi connectivity index (χ0v) is 21.1. The molecule has 0 aromatic heterocycles. The molecule has 0 aromatic rings. The third kappa shape index (κ3) is 2.96. The van der Waals surface area contributed by atoms with Crippen LogP contribution < -0.4 is 5.32 Å². The predicted molar refractivity (Wildman–Crippen MR) is 127 cm³/mol. The van der Waals surface area contributed by atoms with Crippen molar-refractivity contribution in [3.8, 4) is 0 Å². The standard InChI is InChI=1S/C28H39F3N2O2/c1-15-6-9-26-16(2)27(26)20-7-8-25(3)19(18(20)11-24(35-27)22(26)10-15)4-5-21(25)23(34)14-33-13-17(12-32)28(29,30)31/h12-13,15-16,18-22,24,32-33H,4-11,14H2,1-3H3/b17-13+,32-12?/t15?,16-,18?,19?,20?,21?,22?,24?,25?,26?,27?/m1/s1. The Balaban J connectivity index is 1.20. The van der Waals surface area contributed by atoms with E-state index < -0.39 is 11.7 Å². The highest BCUT2D eigenvalue weighted by atomic mass is 19.4. The maximum absolute atomic E-state index is 13.2. The molecule has 4 aliphatic carbocycles. The number of alkyl halides is 3. The Hall–Kier alpha value is -1.37. The number of carbonyl (C=O) groups excluding carboxylic acids is 1. The van der Waals surface area contributed by atoms with Gasteiger partial charge in [-0.15, -0.1) is 0 Å². The maximum Gasteiger partial charge on any atom is 0.419 e. The van der Waals surface area contributed by atoms with Gasteiger partial charge in [0.1, 0.15) is 0 Å². The van der Waals surface area contributed by atoms with E-state index in [4.69, 9.17) is 10.1 Å². The highest BCUT2D eigenvalue weighted by Gasteiger charge is 2.88. The van der Waals surface area contributed by atoms with Crippen molar-refractivity contribution in [3.05, 3.63) is 11.8 Å². The first-order valence-electron chi connectivity index (χ1n) is 13.7. The molecule has 6 fully saturated rings. The number of ketones is 1. The van der Waals surface area contributed by atoms with Gasteiger partial charge in [-0.1, -0.05) is 27.2 Å². The molecule has 2 aliphatic heterocycles. The molecular weight excluding hydrogens is 453 g/mol. The van der Waals surface area contributed by atoms with Crippen LogP contribution in [0.25, 0.3) is 0 Å². The highest BCUT2D eigenvalue weighted by molar-refractivity contribution is 5.84. The van der Waals surface area contributed by atoms with Gasteiger partial charge in [0.2, 0.25) is 0 Å². The quantitative estimate of drug-likeness (QED) is 0.469. The van der Waals surface area contributed by atoms with E-state index in [0.29, 0.717) is 41.1 Å². The number of hydrogen-bond acceptors (Lipinski definition) is 4. The largest absolute Gasteiger partial charge is 0.419 e. The lowest BCUT2D eigenvalue weighted by atomic mass is 9.54. The molecule has 6 rings (SSSR count). The summed E-state index contributed by atoms with van der Waals surface area (Å²) in [7, 11) is 0. The lowest BCUT2D eigenvalue weighted by Crippen LogP contribution is -2.52. The fourth-order valence-electron chi connectivity index (χ4n) is 10.7. The van der Waals surface area contributed by atoms with Crippen LogP contribution in [0.5, 0.6) is 0 Å². The summed E-state index contributed by atoms with van der Waals surface area (Å²) in [6.45, 7) is 7.02. The van der Waals surface area contributed by atoms with Crippen molar-refractivity contribution in [2.45, 2.75) is 90.0 Å². The van der Waals surface area contributed by atoms with Crippen LogP contribution >= 0.6 is 0 Å². The van der Waals surface area contributed by atoms with Gasteiger partial charge in [0.15, 0.2) is 5.78 Å². The normalized spacial score (nSPS) is 52.1. The molecule has 10 unspecified atom stereocenters. The van der Waals surface area contributed by atoms with E-state index in [1.807, 2.05) is 0 Å². The lowest BCUT2D eigenvalue weighted by Gasteiger charge is -2.53. The van der Waals surface area contributed by atoms with Crippen LogP contribution in [-0.2, 0) is 9.53 Å². The zero-order chi connectivity index (χ0) is 25.0. The molecule has 4 nitrogen and oxygen atoms in total. The van der Waals surface area contributed by atoms with Crippen LogP contribution in [0.15, 0.2) is 11.8 Å². The van der Waals surface area contributed by atoms with Crippen LogP contribution in [0.4, 0.5) is 13.2 Å². The number of allylic oxidation sites excluding steroid dienone is 1. The monoisotopic (exact) mass is 492 g/mol. The Bertz CT molecular complexity index is 964. The number of fused-ring (bicyclic) bond motifs is 5. The summed E-state index contributed by atoms with van der Waals surface area (Å²) in [5.74, 6) is 3.75. The third-order valence-electron chi connectivity index (χ3n) is 12.1. The number of hydrogen-bond donors (Lipinski definition) is 2. The van der Waals surface area contributed by atoms with Crippen molar-refractivity contribution >= 4 is 12.0 Å². The Morgan fingerprint density at radius 2 is 1.86 bits per heavy atom. The van der Waals surface area contributed by atoms with Gasteiger partial charge in [-0.3, -0.25) is 4.79 Å². The molecule has 194 valence electrons. The number of Topliss-reactive ketones (excluding diaryl/α,β-unsaturated/α-hetero) is 1. The fourth-order valence-corrected chi connectivity index (χ4v) is 10.7. The first-order valence-corrected chi connectivity index (χ1v) is 13.7. The van der Waals surface area contributed by atoms with Crippen LogP contribution in [-0.4, -0.2) is 36.4 Å². The maximum atomic E-state index is 13.2. The van der Waals surface area contributed by atoms with Crippen molar-refractivity contribution in [1.82, 2.24) is 5.32 Å². The highest BCUT2D eigenvalue weighted by Crippen LogP contribution is 2.85. The van der Waals surface area contributed by atoms with E-state index in [0.717, 1.165) is 44.2 Å². The summed E-state index contributed by atoms with van der Waals surface area (Å²) < 4.78 is 45.7. The summed E-state index contributed by atoms with van der Waals surface area (Å²) in [5, 5.41) is 9.57. The SMILES string of the molecule is CC1CCC23C(C1)C1CC4C5CCC(C(=O)CN/C=C(\C=N)C(F)(F)F)C5(C)CCC4C2(O1)[C@@H]3C. The van der Waals surface area contributed by atoms with E-state index in [1.54, 1.807) is 0 Å². The van der Waals surface area contributed by atoms with Gasteiger partial charge in [-0.2, -0.15) is 13.2 Å². The molecule has 11 atom stereocenters. The minimum Gasteiger partial charge on any atom is -0.383 e.